The number of nitrogens with one attached hydrogen (secondary N) is 1. The van der Waals surface area contributed by atoms with Gasteiger partial charge < -0.3 is 4.74 Å². The number of hydrogen-bond acceptors (Lipinski definition) is 5. The zero-order chi connectivity index (χ0) is 20.1. The van der Waals surface area contributed by atoms with E-state index in [9.17, 15) is 0 Å². The predicted molar refractivity (Wildman–Crippen MR) is 113 cm³/mol. The van der Waals surface area contributed by atoms with E-state index in [2.05, 4.69) is 27.3 Å². The molecule has 0 unspecified atom stereocenters. The summed E-state index contributed by atoms with van der Waals surface area (Å²) in [7, 11) is 1.65. The monoisotopic (exact) mass is 418 g/mol. The molecule has 0 aliphatic heterocycles. The van der Waals surface area contributed by atoms with Gasteiger partial charge in [-0.1, -0.05) is 37.1 Å². The van der Waals surface area contributed by atoms with Crippen LogP contribution in [-0.4, -0.2) is 38.0 Å². The van der Waals surface area contributed by atoms with E-state index in [0.717, 1.165) is 42.0 Å². The Bertz CT molecular complexity index is 1020. The maximum Gasteiger partial charge on any atom is 0.216 e. The molecule has 0 radical (unpaired) electrons. The molecular formula is C19H23ClN6OS. The van der Waals surface area contributed by atoms with Gasteiger partial charge in [-0.2, -0.15) is 20.0 Å². The molecule has 0 amide bonds. The first-order valence-corrected chi connectivity index (χ1v) is 9.88. The Morgan fingerprint density at radius 2 is 2.07 bits per heavy atom. The van der Waals surface area contributed by atoms with Gasteiger partial charge in [0.15, 0.2) is 5.82 Å². The fraction of sp³-hybridized carbons (Fsp3) is 0.368. The molecule has 0 saturated heterocycles. The van der Waals surface area contributed by atoms with Gasteiger partial charge in [-0.25, -0.2) is 0 Å². The average Bonchev–Trinajstić information content (AvgIpc) is 3.18. The standard InChI is InChI=1S/C19H23ClN6OS/c1-4-5-10-25-18(20)16(13(2)24-25)12-21-26-17(22-23-19(26)28)11-14-6-8-15(27-3)9-7-14/h6-9,12H,4-5,10-11H2,1-3H3,(H,23,28)/b21-12-. The highest BCUT2D eigenvalue weighted by atomic mass is 35.5. The molecule has 148 valence electrons. The minimum atomic E-state index is 0.423. The Kier molecular flexibility index (Phi) is 6.64. The van der Waals surface area contributed by atoms with Crippen LogP contribution in [0.2, 0.25) is 5.15 Å². The number of aromatic amines is 1. The smallest absolute Gasteiger partial charge is 0.216 e. The molecule has 0 bridgehead atoms. The summed E-state index contributed by atoms with van der Waals surface area (Å²) in [6.07, 6.45) is 4.38. The second kappa shape index (κ2) is 9.16. The van der Waals surface area contributed by atoms with Crippen molar-refractivity contribution in [3.8, 4) is 5.75 Å². The quantitative estimate of drug-likeness (QED) is 0.435. The summed E-state index contributed by atoms with van der Waals surface area (Å²) in [5, 5.41) is 16.7. The summed E-state index contributed by atoms with van der Waals surface area (Å²) in [4.78, 5) is 0. The van der Waals surface area contributed by atoms with E-state index in [4.69, 9.17) is 28.6 Å². The van der Waals surface area contributed by atoms with Gasteiger partial charge in [0, 0.05) is 13.0 Å². The van der Waals surface area contributed by atoms with Crippen molar-refractivity contribution in [3.05, 3.63) is 56.8 Å². The number of halogens is 1. The zero-order valence-electron chi connectivity index (χ0n) is 16.1. The van der Waals surface area contributed by atoms with E-state index in [-0.39, 0.29) is 0 Å². The molecule has 0 spiro atoms. The van der Waals surface area contributed by atoms with Crippen molar-refractivity contribution < 1.29 is 4.74 Å². The van der Waals surface area contributed by atoms with Crippen molar-refractivity contribution >= 4 is 30.0 Å². The number of nitrogens with zero attached hydrogens (tertiary/aromatic N) is 5. The average molecular weight is 419 g/mol. The molecule has 2 heterocycles. The summed E-state index contributed by atoms with van der Waals surface area (Å²) >= 11 is 11.8. The predicted octanol–water partition coefficient (Wildman–Crippen LogP) is 4.38. The molecule has 0 aliphatic carbocycles. The number of unbranched alkanes of at least 4 members (excludes halogenated alkanes) is 1. The van der Waals surface area contributed by atoms with Gasteiger partial charge in [0.25, 0.3) is 0 Å². The van der Waals surface area contributed by atoms with Crippen LogP contribution in [0.5, 0.6) is 5.75 Å². The minimum absolute atomic E-state index is 0.423. The number of aryl methyl sites for hydroxylation is 2. The summed E-state index contributed by atoms with van der Waals surface area (Å²) in [5.74, 6) is 1.52. The van der Waals surface area contributed by atoms with Gasteiger partial charge in [-0.3, -0.25) is 9.78 Å². The molecule has 9 heteroatoms. The Balaban J connectivity index is 1.84. The van der Waals surface area contributed by atoms with Crippen molar-refractivity contribution in [2.24, 2.45) is 5.10 Å². The minimum Gasteiger partial charge on any atom is -0.497 e. The highest BCUT2D eigenvalue weighted by Gasteiger charge is 2.12. The van der Waals surface area contributed by atoms with Gasteiger partial charge in [-0.05, 0) is 43.3 Å². The molecular weight excluding hydrogens is 396 g/mol. The van der Waals surface area contributed by atoms with Crippen LogP contribution < -0.4 is 4.74 Å². The van der Waals surface area contributed by atoms with E-state index in [0.29, 0.717) is 22.2 Å². The van der Waals surface area contributed by atoms with Crippen LogP contribution in [-0.2, 0) is 13.0 Å². The van der Waals surface area contributed by atoms with Gasteiger partial charge in [0.05, 0.1) is 24.6 Å². The number of aromatic nitrogens is 5. The third-order valence-electron chi connectivity index (χ3n) is 4.37. The molecule has 2 aromatic heterocycles. The van der Waals surface area contributed by atoms with Crippen molar-refractivity contribution in [3.63, 3.8) is 0 Å². The second-order valence-corrected chi connectivity index (χ2v) is 7.14. The lowest BCUT2D eigenvalue weighted by atomic mass is 10.1. The van der Waals surface area contributed by atoms with E-state index in [1.807, 2.05) is 35.9 Å². The molecule has 0 atom stereocenters. The van der Waals surface area contributed by atoms with Gasteiger partial charge in [-0.15, -0.1) is 0 Å². The maximum absolute atomic E-state index is 6.48. The fourth-order valence-electron chi connectivity index (χ4n) is 2.77. The van der Waals surface area contributed by atoms with Gasteiger partial charge >= 0.3 is 0 Å². The van der Waals surface area contributed by atoms with E-state index in [1.165, 1.54) is 0 Å². The van der Waals surface area contributed by atoms with Crippen LogP contribution in [0.15, 0.2) is 29.4 Å². The largest absolute Gasteiger partial charge is 0.497 e. The van der Waals surface area contributed by atoms with Crippen LogP contribution in [0.4, 0.5) is 0 Å². The third kappa shape index (κ3) is 4.51. The summed E-state index contributed by atoms with van der Waals surface area (Å²) < 4.78 is 9.04. The van der Waals surface area contributed by atoms with Crippen LogP contribution >= 0.6 is 23.8 Å². The Morgan fingerprint density at radius 3 is 2.75 bits per heavy atom. The first-order chi connectivity index (χ1) is 13.5. The highest BCUT2D eigenvalue weighted by molar-refractivity contribution is 7.71. The number of H-pyrrole nitrogens is 1. The van der Waals surface area contributed by atoms with Gasteiger partial charge in [0.2, 0.25) is 4.77 Å². The Labute approximate surface area is 174 Å². The fourth-order valence-corrected chi connectivity index (χ4v) is 3.28. The van der Waals surface area contributed by atoms with Crippen LogP contribution in [0.1, 0.15) is 42.4 Å². The van der Waals surface area contributed by atoms with E-state index < -0.39 is 0 Å². The molecule has 7 nitrogen and oxygen atoms in total. The summed E-state index contributed by atoms with van der Waals surface area (Å²) in [5.41, 5.74) is 2.70. The topological polar surface area (TPSA) is 73.0 Å². The van der Waals surface area contributed by atoms with Crippen LogP contribution in [0.3, 0.4) is 0 Å². The summed E-state index contributed by atoms with van der Waals surface area (Å²) in [6.45, 7) is 4.85. The lowest BCUT2D eigenvalue weighted by Gasteiger charge is -2.03. The lowest BCUT2D eigenvalue weighted by molar-refractivity contribution is 0.414. The van der Waals surface area contributed by atoms with Crippen LogP contribution in [0, 0.1) is 11.7 Å². The summed E-state index contributed by atoms with van der Waals surface area (Å²) in [6, 6.07) is 7.81. The molecule has 3 aromatic rings. The molecule has 0 fully saturated rings. The van der Waals surface area contributed by atoms with Crippen molar-refractivity contribution in [2.45, 2.75) is 39.7 Å². The van der Waals surface area contributed by atoms with Crippen molar-refractivity contribution in [1.29, 1.82) is 0 Å². The normalized spacial score (nSPS) is 11.4. The number of methoxy groups -OCH3 is 1. The van der Waals surface area contributed by atoms with Crippen molar-refractivity contribution in [1.82, 2.24) is 24.7 Å². The molecule has 0 saturated carbocycles. The second-order valence-electron chi connectivity index (χ2n) is 6.39. The zero-order valence-corrected chi connectivity index (χ0v) is 17.7. The molecule has 28 heavy (non-hydrogen) atoms. The Morgan fingerprint density at radius 1 is 1.32 bits per heavy atom. The number of benzene rings is 1. The van der Waals surface area contributed by atoms with E-state index >= 15 is 0 Å². The number of ether oxygens (including phenoxy) is 1. The molecule has 3 rings (SSSR count). The molecule has 1 aromatic carbocycles. The SMILES string of the molecule is CCCCn1nc(C)c(/C=N\n2c(Cc3ccc(OC)cc3)n[nH]c2=S)c1Cl. The maximum atomic E-state index is 6.48. The third-order valence-corrected chi connectivity index (χ3v) is 5.04. The van der Waals surface area contributed by atoms with Crippen molar-refractivity contribution in [2.75, 3.05) is 7.11 Å². The highest BCUT2D eigenvalue weighted by Crippen LogP contribution is 2.19. The first kappa shape index (κ1) is 20.3. The lowest BCUT2D eigenvalue weighted by Crippen LogP contribution is -2.01. The van der Waals surface area contributed by atoms with Gasteiger partial charge in [0.1, 0.15) is 10.9 Å². The van der Waals surface area contributed by atoms with Crippen LogP contribution in [0.25, 0.3) is 0 Å². The molecule has 1 N–H and O–H groups in total. The molecule has 0 aliphatic rings. The number of hydrogen-bond donors (Lipinski definition) is 1. The Hall–Kier alpha value is -2.45. The number of rotatable bonds is 8. The van der Waals surface area contributed by atoms with E-state index in [1.54, 1.807) is 18.0 Å². The first-order valence-electron chi connectivity index (χ1n) is 9.10.